The van der Waals surface area contributed by atoms with Crippen molar-refractivity contribution in [2.45, 2.75) is 69.7 Å². The van der Waals surface area contributed by atoms with Gasteiger partial charge >= 0.3 is 0 Å². The molecule has 0 aromatic rings. The van der Waals surface area contributed by atoms with Crippen molar-refractivity contribution in [1.29, 1.82) is 0 Å². The fraction of sp³-hybridized carbons (Fsp3) is 1.00. The average Bonchev–Trinajstić information content (AvgIpc) is 2.69. The first-order valence-corrected chi connectivity index (χ1v) is 7.41. The second-order valence-electron chi connectivity index (χ2n) is 6.03. The van der Waals surface area contributed by atoms with Crippen LogP contribution in [0, 0.1) is 0 Å². The summed E-state index contributed by atoms with van der Waals surface area (Å²) in [4.78, 5) is 0. The van der Waals surface area contributed by atoms with Gasteiger partial charge in [-0.1, -0.05) is 6.42 Å². The fourth-order valence-electron chi connectivity index (χ4n) is 2.99. The van der Waals surface area contributed by atoms with Gasteiger partial charge in [0.05, 0.1) is 6.10 Å². The molecule has 2 saturated heterocycles. The van der Waals surface area contributed by atoms with Crippen LogP contribution < -0.4 is 10.6 Å². The molecule has 2 rings (SSSR count). The van der Waals surface area contributed by atoms with Crippen LogP contribution >= 0.6 is 0 Å². The summed E-state index contributed by atoms with van der Waals surface area (Å²) in [5, 5.41) is 17.5. The summed E-state index contributed by atoms with van der Waals surface area (Å²) in [7, 11) is 0. The Balaban J connectivity index is 1.69. The van der Waals surface area contributed by atoms with Crippen LogP contribution in [-0.2, 0) is 4.74 Å². The lowest BCUT2D eigenvalue weighted by atomic mass is 9.95. The highest BCUT2D eigenvalue weighted by molar-refractivity contribution is 4.92. The summed E-state index contributed by atoms with van der Waals surface area (Å²) in [5.41, 5.74) is -0.672. The summed E-state index contributed by atoms with van der Waals surface area (Å²) < 4.78 is 5.45. The van der Waals surface area contributed by atoms with Crippen LogP contribution in [0.4, 0.5) is 0 Å². The lowest BCUT2D eigenvalue weighted by Crippen LogP contribution is -2.49. The van der Waals surface area contributed by atoms with Crippen molar-refractivity contribution in [3.8, 4) is 0 Å². The van der Waals surface area contributed by atoms with E-state index in [1.165, 1.54) is 19.3 Å². The van der Waals surface area contributed by atoms with Crippen LogP contribution in [0.15, 0.2) is 0 Å². The molecule has 0 spiro atoms. The maximum atomic E-state index is 10.4. The van der Waals surface area contributed by atoms with Crippen LogP contribution in [0.25, 0.3) is 0 Å². The van der Waals surface area contributed by atoms with Crippen molar-refractivity contribution in [3.05, 3.63) is 0 Å². The van der Waals surface area contributed by atoms with Gasteiger partial charge in [0.25, 0.3) is 0 Å². The Morgan fingerprint density at radius 2 is 2.33 bits per heavy atom. The lowest BCUT2D eigenvalue weighted by Gasteiger charge is -2.30. The van der Waals surface area contributed by atoms with E-state index >= 15 is 0 Å². The molecular weight excluding hydrogens is 228 g/mol. The SMILES string of the molecule is CC(CC1CCCCN1)NCC1(O)CCOC1C. The van der Waals surface area contributed by atoms with Crippen molar-refractivity contribution in [1.82, 2.24) is 10.6 Å². The molecule has 0 aromatic heterocycles. The minimum Gasteiger partial charge on any atom is -0.386 e. The molecule has 2 heterocycles. The molecule has 18 heavy (non-hydrogen) atoms. The van der Waals surface area contributed by atoms with Crippen molar-refractivity contribution in [3.63, 3.8) is 0 Å². The van der Waals surface area contributed by atoms with Crippen LogP contribution in [-0.4, -0.2) is 48.6 Å². The summed E-state index contributed by atoms with van der Waals surface area (Å²) in [6.07, 6.45) is 5.79. The number of hydrogen-bond acceptors (Lipinski definition) is 4. The van der Waals surface area contributed by atoms with E-state index in [0.29, 0.717) is 25.2 Å². The Hall–Kier alpha value is -0.160. The van der Waals surface area contributed by atoms with Gasteiger partial charge in [0.2, 0.25) is 0 Å². The number of ether oxygens (including phenoxy) is 1. The van der Waals surface area contributed by atoms with E-state index in [1.807, 2.05) is 6.92 Å². The van der Waals surface area contributed by atoms with Crippen LogP contribution in [0.2, 0.25) is 0 Å². The Kier molecular flexibility index (Phi) is 5.01. The van der Waals surface area contributed by atoms with Crippen LogP contribution in [0.3, 0.4) is 0 Å². The minimum absolute atomic E-state index is 0.0509. The predicted molar refractivity (Wildman–Crippen MR) is 72.7 cm³/mol. The van der Waals surface area contributed by atoms with Gasteiger partial charge in [-0.15, -0.1) is 0 Å². The summed E-state index contributed by atoms with van der Waals surface area (Å²) in [6.45, 7) is 6.65. The third-order valence-corrected chi connectivity index (χ3v) is 4.47. The first-order chi connectivity index (χ1) is 8.60. The number of hydrogen-bond donors (Lipinski definition) is 3. The topological polar surface area (TPSA) is 53.5 Å². The Bertz CT molecular complexity index is 256. The monoisotopic (exact) mass is 256 g/mol. The number of aliphatic hydroxyl groups is 1. The second-order valence-corrected chi connectivity index (χ2v) is 6.03. The number of nitrogens with one attached hydrogen (secondary N) is 2. The van der Waals surface area contributed by atoms with E-state index in [-0.39, 0.29) is 6.10 Å². The van der Waals surface area contributed by atoms with Crippen molar-refractivity contribution < 1.29 is 9.84 Å². The molecule has 2 fully saturated rings. The molecule has 0 saturated carbocycles. The van der Waals surface area contributed by atoms with E-state index in [2.05, 4.69) is 17.6 Å². The molecule has 3 N–H and O–H groups in total. The Morgan fingerprint density at radius 3 is 2.94 bits per heavy atom. The summed E-state index contributed by atoms with van der Waals surface area (Å²) >= 11 is 0. The van der Waals surface area contributed by atoms with E-state index in [9.17, 15) is 5.11 Å². The zero-order valence-corrected chi connectivity index (χ0v) is 11.7. The molecule has 4 nitrogen and oxygen atoms in total. The molecule has 4 heteroatoms. The van der Waals surface area contributed by atoms with Crippen LogP contribution in [0.5, 0.6) is 0 Å². The van der Waals surface area contributed by atoms with Gasteiger partial charge in [-0.3, -0.25) is 0 Å². The van der Waals surface area contributed by atoms with Gasteiger partial charge in [-0.05, 0) is 39.7 Å². The van der Waals surface area contributed by atoms with Crippen molar-refractivity contribution in [2.75, 3.05) is 19.7 Å². The maximum absolute atomic E-state index is 10.4. The molecule has 0 radical (unpaired) electrons. The second kappa shape index (κ2) is 6.33. The summed E-state index contributed by atoms with van der Waals surface area (Å²) in [5.74, 6) is 0. The average molecular weight is 256 g/mol. The van der Waals surface area contributed by atoms with Gasteiger partial charge in [0.1, 0.15) is 5.60 Å². The predicted octanol–water partition coefficient (Wildman–Crippen LogP) is 1.04. The quantitative estimate of drug-likeness (QED) is 0.688. The normalized spacial score (nSPS) is 38.8. The van der Waals surface area contributed by atoms with Crippen molar-refractivity contribution in [2.24, 2.45) is 0 Å². The standard InChI is InChI=1S/C14H28N2O2/c1-11(9-13-5-3-4-7-15-13)16-10-14(17)6-8-18-12(14)2/h11-13,15-17H,3-10H2,1-2H3. The first-order valence-electron chi connectivity index (χ1n) is 7.41. The molecule has 2 aliphatic rings. The molecule has 0 aromatic carbocycles. The fourth-order valence-corrected chi connectivity index (χ4v) is 2.99. The largest absolute Gasteiger partial charge is 0.386 e. The number of piperidine rings is 1. The number of rotatable bonds is 5. The highest BCUT2D eigenvalue weighted by atomic mass is 16.5. The third kappa shape index (κ3) is 3.67. The smallest absolute Gasteiger partial charge is 0.105 e. The molecule has 0 amide bonds. The van der Waals surface area contributed by atoms with Crippen molar-refractivity contribution >= 4 is 0 Å². The first kappa shape index (κ1) is 14.3. The van der Waals surface area contributed by atoms with Gasteiger partial charge in [-0.25, -0.2) is 0 Å². The molecule has 2 aliphatic heterocycles. The molecule has 4 atom stereocenters. The Labute approximate surface area is 110 Å². The zero-order chi connectivity index (χ0) is 13.0. The molecule has 106 valence electrons. The molecular formula is C14H28N2O2. The summed E-state index contributed by atoms with van der Waals surface area (Å²) in [6, 6.07) is 1.09. The molecule has 4 unspecified atom stereocenters. The highest BCUT2D eigenvalue weighted by Crippen LogP contribution is 2.25. The Morgan fingerprint density at radius 1 is 1.50 bits per heavy atom. The third-order valence-electron chi connectivity index (χ3n) is 4.47. The van der Waals surface area contributed by atoms with E-state index < -0.39 is 5.60 Å². The molecule has 0 aliphatic carbocycles. The lowest BCUT2D eigenvalue weighted by molar-refractivity contribution is -0.0276. The van der Waals surface area contributed by atoms with Gasteiger partial charge in [-0.2, -0.15) is 0 Å². The van der Waals surface area contributed by atoms with E-state index in [1.54, 1.807) is 0 Å². The maximum Gasteiger partial charge on any atom is 0.105 e. The van der Waals surface area contributed by atoms with Gasteiger partial charge in [0.15, 0.2) is 0 Å². The van der Waals surface area contributed by atoms with Crippen LogP contribution in [0.1, 0.15) is 46.0 Å². The molecule has 0 bridgehead atoms. The highest BCUT2D eigenvalue weighted by Gasteiger charge is 2.39. The van der Waals surface area contributed by atoms with E-state index in [0.717, 1.165) is 19.4 Å². The van der Waals surface area contributed by atoms with Gasteiger partial charge < -0.3 is 20.5 Å². The van der Waals surface area contributed by atoms with Gasteiger partial charge in [0, 0.05) is 31.7 Å². The minimum atomic E-state index is -0.672. The zero-order valence-electron chi connectivity index (χ0n) is 11.7. The van der Waals surface area contributed by atoms with E-state index in [4.69, 9.17) is 4.74 Å².